The molecular weight excluding hydrogens is 350 g/mol. The lowest BCUT2D eigenvalue weighted by atomic mass is 10.0. The lowest BCUT2D eigenvalue weighted by Crippen LogP contribution is -2.39. The van der Waals surface area contributed by atoms with Crippen molar-refractivity contribution < 1.29 is 4.74 Å². The number of aryl methyl sites for hydroxylation is 1. The maximum absolute atomic E-state index is 13.1. The summed E-state index contributed by atoms with van der Waals surface area (Å²) in [5.74, 6) is 0. The second-order valence-electron chi connectivity index (χ2n) is 7.16. The number of benzene rings is 2. The Morgan fingerprint density at radius 1 is 0.929 bits per heavy atom. The molecule has 0 aliphatic carbocycles. The summed E-state index contributed by atoms with van der Waals surface area (Å²) < 4.78 is 7.04. The summed E-state index contributed by atoms with van der Waals surface area (Å²) in [6, 6.07) is 20.0. The smallest absolute Gasteiger partial charge is 0.274 e. The fourth-order valence-electron chi connectivity index (χ4n) is 3.52. The molecule has 0 atom stereocenters. The van der Waals surface area contributed by atoms with Crippen LogP contribution < -0.4 is 5.56 Å². The van der Waals surface area contributed by atoms with Gasteiger partial charge in [0.2, 0.25) is 0 Å². The Hall–Kier alpha value is -2.76. The second kappa shape index (κ2) is 8.50. The molecular formula is C23H25N3O2. The normalized spacial score (nSPS) is 14.9. The number of hydrogen-bond donors (Lipinski definition) is 0. The minimum atomic E-state index is -0.0455. The summed E-state index contributed by atoms with van der Waals surface area (Å²) in [7, 11) is 0. The first-order valence-corrected chi connectivity index (χ1v) is 9.75. The zero-order valence-corrected chi connectivity index (χ0v) is 16.2. The summed E-state index contributed by atoms with van der Waals surface area (Å²) in [5.41, 5.74) is 4.59. The van der Waals surface area contributed by atoms with Gasteiger partial charge in [-0.15, -0.1) is 0 Å². The van der Waals surface area contributed by atoms with Gasteiger partial charge in [0, 0.05) is 25.2 Å². The highest BCUT2D eigenvalue weighted by Crippen LogP contribution is 2.22. The highest BCUT2D eigenvalue weighted by Gasteiger charge is 2.14. The van der Waals surface area contributed by atoms with Gasteiger partial charge in [-0.1, -0.05) is 54.1 Å². The predicted octanol–water partition coefficient (Wildman–Crippen LogP) is 3.22. The van der Waals surface area contributed by atoms with E-state index in [-0.39, 0.29) is 5.56 Å². The number of hydrogen-bond acceptors (Lipinski definition) is 4. The molecule has 3 aromatic rings. The molecule has 0 amide bonds. The minimum Gasteiger partial charge on any atom is -0.379 e. The highest BCUT2D eigenvalue weighted by molar-refractivity contribution is 5.69. The van der Waals surface area contributed by atoms with Crippen molar-refractivity contribution in [3.05, 3.63) is 76.6 Å². The van der Waals surface area contributed by atoms with Crippen LogP contribution in [0.1, 0.15) is 5.56 Å². The molecule has 2 aromatic carbocycles. The Kier molecular flexibility index (Phi) is 5.65. The molecule has 0 radical (unpaired) electrons. The molecule has 0 saturated carbocycles. The first kappa shape index (κ1) is 18.6. The lowest BCUT2D eigenvalue weighted by Gasteiger charge is -2.26. The van der Waals surface area contributed by atoms with Gasteiger partial charge in [0.25, 0.3) is 5.56 Å². The van der Waals surface area contributed by atoms with Crippen LogP contribution in [0.4, 0.5) is 0 Å². The van der Waals surface area contributed by atoms with Crippen LogP contribution in [0.25, 0.3) is 22.4 Å². The fourth-order valence-corrected chi connectivity index (χ4v) is 3.52. The van der Waals surface area contributed by atoms with E-state index in [2.05, 4.69) is 24.0 Å². The van der Waals surface area contributed by atoms with Gasteiger partial charge in [0.15, 0.2) is 0 Å². The molecule has 1 saturated heterocycles. The van der Waals surface area contributed by atoms with E-state index in [9.17, 15) is 4.79 Å². The molecule has 0 bridgehead atoms. The molecule has 5 heteroatoms. The van der Waals surface area contributed by atoms with Gasteiger partial charge < -0.3 is 4.74 Å². The third-order valence-electron chi connectivity index (χ3n) is 5.10. The van der Waals surface area contributed by atoms with Gasteiger partial charge in [0.1, 0.15) is 0 Å². The Morgan fingerprint density at radius 3 is 2.43 bits per heavy atom. The third kappa shape index (κ3) is 4.21. The SMILES string of the molecule is Cc1cccc(-c2cc(-c3ccccc3)c(=O)n(CCN3CCOCC3)n2)c1. The summed E-state index contributed by atoms with van der Waals surface area (Å²) in [6.45, 7) is 6.73. The molecule has 144 valence electrons. The average Bonchev–Trinajstić information content (AvgIpc) is 2.74. The van der Waals surface area contributed by atoms with Crippen molar-refractivity contribution in [2.75, 3.05) is 32.8 Å². The predicted molar refractivity (Wildman–Crippen MR) is 111 cm³/mol. The van der Waals surface area contributed by atoms with Crippen molar-refractivity contribution in [1.29, 1.82) is 0 Å². The van der Waals surface area contributed by atoms with E-state index in [0.29, 0.717) is 12.1 Å². The van der Waals surface area contributed by atoms with E-state index >= 15 is 0 Å². The largest absolute Gasteiger partial charge is 0.379 e. The third-order valence-corrected chi connectivity index (χ3v) is 5.10. The number of ether oxygens (including phenoxy) is 1. The molecule has 2 heterocycles. The average molecular weight is 375 g/mol. The van der Waals surface area contributed by atoms with Gasteiger partial charge >= 0.3 is 0 Å². The standard InChI is InChI=1S/C23H25N3O2/c1-18-6-5-9-20(16-18)22-17-21(19-7-3-2-4-8-19)23(27)26(24-22)11-10-25-12-14-28-15-13-25/h2-9,16-17H,10-15H2,1H3. The summed E-state index contributed by atoms with van der Waals surface area (Å²) in [6.07, 6.45) is 0. The second-order valence-corrected chi connectivity index (χ2v) is 7.16. The minimum absolute atomic E-state index is 0.0455. The van der Waals surface area contributed by atoms with Gasteiger partial charge in [-0.3, -0.25) is 9.69 Å². The summed E-state index contributed by atoms with van der Waals surface area (Å²) in [5, 5.41) is 4.70. The zero-order chi connectivity index (χ0) is 19.3. The van der Waals surface area contributed by atoms with E-state index in [1.807, 2.05) is 48.5 Å². The van der Waals surface area contributed by atoms with E-state index in [1.165, 1.54) is 5.56 Å². The van der Waals surface area contributed by atoms with E-state index in [4.69, 9.17) is 9.84 Å². The van der Waals surface area contributed by atoms with Crippen LogP contribution in [0.5, 0.6) is 0 Å². The van der Waals surface area contributed by atoms with Crippen molar-refractivity contribution in [3.8, 4) is 22.4 Å². The number of nitrogens with zero attached hydrogens (tertiary/aromatic N) is 3. The van der Waals surface area contributed by atoms with Crippen LogP contribution in [-0.2, 0) is 11.3 Å². The Bertz CT molecular complexity index is 992. The highest BCUT2D eigenvalue weighted by atomic mass is 16.5. The van der Waals surface area contributed by atoms with Crippen molar-refractivity contribution in [1.82, 2.24) is 14.7 Å². The first-order valence-electron chi connectivity index (χ1n) is 9.75. The van der Waals surface area contributed by atoms with Gasteiger partial charge in [-0.25, -0.2) is 4.68 Å². The quantitative estimate of drug-likeness (QED) is 0.687. The van der Waals surface area contributed by atoms with Crippen LogP contribution in [-0.4, -0.2) is 47.5 Å². The Labute approximate surface area is 165 Å². The number of aromatic nitrogens is 2. The Balaban J connectivity index is 1.73. The van der Waals surface area contributed by atoms with Crippen LogP contribution in [0, 0.1) is 6.92 Å². The van der Waals surface area contributed by atoms with Crippen LogP contribution >= 0.6 is 0 Å². The van der Waals surface area contributed by atoms with Gasteiger partial charge in [-0.05, 0) is 24.6 Å². The molecule has 0 unspecified atom stereocenters. The molecule has 5 nitrogen and oxygen atoms in total. The molecule has 0 spiro atoms. The molecule has 1 aromatic heterocycles. The molecule has 1 aliphatic heterocycles. The first-order chi connectivity index (χ1) is 13.7. The molecule has 1 fully saturated rings. The molecule has 0 N–H and O–H groups in total. The summed E-state index contributed by atoms with van der Waals surface area (Å²) in [4.78, 5) is 15.5. The summed E-state index contributed by atoms with van der Waals surface area (Å²) >= 11 is 0. The molecule has 4 rings (SSSR count). The maximum Gasteiger partial charge on any atom is 0.274 e. The maximum atomic E-state index is 13.1. The lowest BCUT2D eigenvalue weighted by molar-refractivity contribution is 0.0358. The fraction of sp³-hybridized carbons (Fsp3) is 0.304. The zero-order valence-electron chi connectivity index (χ0n) is 16.2. The van der Waals surface area contributed by atoms with Crippen molar-refractivity contribution in [3.63, 3.8) is 0 Å². The van der Waals surface area contributed by atoms with Crippen molar-refractivity contribution in [2.45, 2.75) is 13.5 Å². The van der Waals surface area contributed by atoms with Crippen LogP contribution in [0.2, 0.25) is 0 Å². The Morgan fingerprint density at radius 2 is 1.68 bits per heavy atom. The van der Waals surface area contributed by atoms with Crippen molar-refractivity contribution in [2.24, 2.45) is 0 Å². The van der Waals surface area contributed by atoms with Gasteiger partial charge in [-0.2, -0.15) is 5.10 Å². The van der Waals surface area contributed by atoms with E-state index < -0.39 is 0 Å². The number of morpholine rings is 1. The van der Waals surface area contributed by atoms with E-state index in [0.717, 1.165) is 49.7 Å². The molecule has 1 aliphatic rings. The number of rotatable bonds is 5. The van der Waals surface area contributed by atoms with E-state index in [1.54, 1.807) is 4.68 Å². The van der Waals surface area contributed by atoms with Crippen molar-refractivity contribution >= 4 is 0 Å². The van der Waals surface area contributed by atoms with Gasteiger partial charge in [0.05, 0.1) is 31.0 Å². The molecule has 28 heavy (non-hydrogen) atoms. The monoisotopic (exact) mass is 375 g/mol. The van der Waals surface area contributed by atoms with Crippen LogP contribution in [0.15, 0.2) is 65.5 Å². The van der Waals surface area contributed by atoms with Crippen LogP contribution in [0.3, 0.4) is 0 Å². The topological polar surface area (TPSA) is 47.4 Å².